The van der Waals surface area contributed by atoms with Gasteiger partial charge in [0.15, 0.2) is 6.07 Å². The third-order valence-electron chi connectivity index (χ3n) is 15.6. The molecule has 1 aliphatic rings. The van der Waals surface area contributed by atoms with Crippen LogP contribution in [0.4, 0.5) is 0 Å². The molecule has 23 nitrogen and oxygen atoms in total. The summed E-state index contributed by atoms with van der Waals surface area (Å²) in [7, 11) is 6.28. The van der Waals surface area contributed by atoms with E-state index < -0.39 is 71.7 Å². The highest BCUT2D eigenvalue weighted by Crippen LogP contribution is 2.30. The van der Waals surface area contributed by atoms with Gasteiger partial charge in [-0.15, -0.1) is 5.10 Å². The van der Waals surface area contributed by atoms with Crippen molar-refractivity contribution in [3.05, 3.63) is 77.6 Å². The van der Waals surface area contributed by atoms with Crippen LogP contribution in [0, 0.1) is 46.8 Å². The monoisotopic (exact) mass is 1240 g/mol. The van der Waals surface area contributed by atoms with Gasteiger partial charge in [0.2, 0.25) is 29.5 Å². The van der Waals surface area contributed by atoms with E-state index in [4.69, 9.17) is 43.2 Å². The number of carbonyl (C=O) groups excluding carboxylic acids is 6. The lowest BCUT2D eigenvalue weighted by Gasteiger charge is -2.41. The molecule has 1 saturated heterocycles. The van der Waals surface area contributed by atoms with Crippen LogP contribution in [-0.4, -0.2) is 208 Å². The van der Waals surface area contributed by atoms with Crippen molar-refractivity contribution in [3.8, 4) is 23.6 Å². The Labute approximate surface area is 527 Å². The molecule has 4 rings (SSSR count). The Morgan fingerprint density at radius 1 is 0.764 bits per heavy atom. The van der Waals surface area contributed by atoms with Crippen molar-refractivity contribution in [3.63, 3.8) is 0 Å². The lowest BCUT2D eigenvalue weighted by molar-refractivity contribution is -0.159. The number of amides is 5. The summed E-state index contributed by atoms with van der Waals surface area (Å²) in [6.45, 7) is 22.0. The van der Waals surface area contributed by atoms with Gasteiger partial charge in [-0.3, -0.25) is 24.0 Å². The smallest absolute Gasteiger partial charge is 0.329 e. The van der Waals surface area contributed by atoms with Gasteiger partial charge in [-0.1, -0.05) is 96.4 Å². The second-order valence-corrected chi connectivity index (χ2v) is 24.1. The Hall–Kier alpha value is -6.83. The Bertz CT molecular complexity index is 2760. The lowest BCUT2D eigenvalue weighted by Crippen LogP contribution is -2.60. The average molecular weight is 1240 g/mol. The quantitative estimate of drug-likeness (QED) is 0.0392. The first-order valence-corrected chi connectivity index (χ1v) is 31.0. The Balaban J connectivity index is 1.21. The first-order valence-electron chi connectivity index (χ1n) is 31.0. The molecule has 2 N–H and O–H groups in total. The predicted octanol–water partition coefficient (Wildman–Crippen LogP) is 5.73. The summed E-state index contributed by atoms with van der Waals surface area (Å²) in [5, 5.41) is 22.8. The van der Waals surface area contributed by atoms with Crippen LogP contribution in [0.2, 0.25) is 0 Å². The second kappa shape index (κ2) is 38.7. The van der Waals surface area contributed by atoms with Gasteiger partial charge in [0.1, 0.15) is 29.4 Å². The van der Waals surface area contributed by atoms with E-state index in [2.05, 4.69) is 32.8 Å². The molecule has 0 aliphatic carbocycles. The number of nitrogens with zero attached hydrogens (tertiary/aromatic N) is 7. The van der Waals surface area contributed by atoms with Crippen LogP contribution in [0.15, 0.2) is 60.8 Å². The molecule has 1 fully saturated rings. The van der Waals surface area contributed by atoms with E-state index in [1.165, 1.54) is 19.1 Å². The Morgan fingerprint density at radius 3 is 1.92 bits per heavy atom. The maximum atomic E-state index is 14.7. The van der Waals surface area contributed by atoms with Gasteiger partial charge in [-0.25, -0.2) is 9.48 Å². The van der Waals surface area contributed by atoms with E-state index in [1.54, 1.807) is 80.7 Å². The third kappa shape index (κ3) is 24.5. The van der Waals surface area contributed by atoms with Crippen molar-refractivity contribution < 1.29 is 66.7 Å². The number of ether oxygens (including phenoxy) is 8. The topological polar surface area (TPSA) is 265 Å². The number of esters is 1. The summed E-state index contributed by atoms with van der Waals surface area (Å²) >= 11 is 0. The highest BCUT2D eigenvalue weighted by Gasteiger charge is 2.44. The van der Waals surface area contributed by atoms with Gasteiger partial charge in [0, 0.05) is 52.8 Å². The van der Waals surface area contributed by atoms with Crippen molar-refractivity contribution in [2.24, 2.45) is 23.7 Å². The summed E-state index contributed by atoms with van der Waals surface area (Å²) in [6.07, 6.45) is 2.40. The number of nitriles is 1. The van der Waals surface area contributed by atoms with E-state index in [0.29, 0.717) is 77.7 Å². The van der Waals surface area contributed by atoms with Crippen LogP contribution < -0.4 is 10.6 Å². The molecule has 1 aliphatic heterocycles. The molecule has 1 unspecified atom stereocenters. The molecule has 89 heavy (non-hydrogen) atoms. The Morgan fingerprint density at radius 2 is 1.37 bits per heavy atom. The molecule has 0 saturated carbocycles. The van der Waals surface area contributed by atoms with Crippen LogP contribution in [0.3, 0.4) is 0 Å². The van der Waals surface area contributed by atoms with Gasteiger partial charge >= 0.3 is 5.97 Å². The molecule has 0 bridgehead atoms. The molecule has 23 heteroatoms. The normalized spacial score (nSPS) is 16.0. The lowest BCUT2D eigenvalue weighted by atomic mass is 9.89. The van der Waals surface area contributed by atoms with Crippen molar-refractivity contribution in [2.75, 3.05) is 94.3 Å². The molecule has 0 radical (unpaired) electrons. The number of methoxy groups -OCH3 is 2. The number of likely N-dealkylation sites (tertiary alicyclic amines) is 1. The van der Waals surface area contributed by atoms with Crippen molar-refractivity contribution in [1.82, 2.24) is 40.3 Å². The second-order valence-electron chi connectivity index (χ2n) is 24.1. The van der Waals surface area contributed by atoms with Crippen molar-refractivity contribution in [2.45, 2.75) is 162 Å². The van der Waals surface area contributed by atoms with Crippen molar-refractivity contribution >= 4 is 35.5 Å². The number of likely N-dealkylation sites (N-methyl/N-ethyl adjacent to an activating group) is 2. The van der Waals surface area contributed by atoms with E-state index in [1.807, 2.05) is 84.0 Å². The first-order chi connectivity index (χ1) is 42.5. The minimum Gasteiger partial charge on any atom is -0.458 e. The van der Waals surface area contributed by atoms with E-state index in [-0.39, 0.29) is 74.6 Å². The highest BCUT2D eigenvalue weighted by atomic mass is 16.6. The molecule has 2 aromatic carbocycles. The zero-order valence-electron chi connectivity index (χ0n) is 55.0. The molecular formula is C66H99N9O14. The number of hydrogen-bond donors (Lipinski definition) is 2. The highest BCUT2D eigenvalue weighted by molar-refractivity contribution is 5.92. The molecular weight excluding hydrogens is 1140 g/mol. The molecule has 9 atom stereocenters. The molecule has 492 valence electrons. The van der Waals surface area contributed by atoms with E-state index in [0.717, 1.165) is 16.8 Å². The molecule has 0 spiro atoms. The summed E-state index contributed by atoms with van der Waals surface area (Å²) in [6, 6.07) is 14.6. The number of carbonyl (C=O) groups is 6. The average Bonchev–Trinajstić information content (AvgIpc) is 2.78. The minimum atomic E-state index is -0.977. The van der Waals surface area contributed by atoms with Crippen LogP contribution >= 0.6 is 0 Å². The molecule has 2 heterocycles. The van der Waals surface area contributed by atoms with Gasteiger partial charge < -0.3 is 63.2 Å². The van der Waals surface area contributed by atoms with Gasteiger partial charge in [0.05, 0.1) is 121 Å². The largest absolute Gasteiger partial charge is 0.458 e. The third-order valence-corrected chi connectivity index (χ3v) is 15.6. The summed E-state index contributed by atoms with van der Waals surface area (Å²) in [5.41, 5.74) is 2.28. The number of aromatic nitrogens is 3. The van der Waals surface area contributed by atoms with Gasteiger partial charge in [-0.05, 0) is 81.2 Å². The number of hydrogen-bond acceptors (Lipinski definition) is 17. The Kier molecular flexibility index (Phi) is 32.4. The standard InChI is InChI=1S/C66H99N9O14/c1-15-47(6)60(55(82-13)42-57(77)74-31-20-24-54(74)61(83-14)48(7)62(78)68-53(65(81)89-66(8,9)10)41-50-21-17-16-18-22-50)73(12)64(80)58(45(2)3)69-63(79)59(46(4)5)72(11)56(76)29-32-84-33-34-85-35-36-86-37-38-87-39-40-88-44-51-43-75(71-70-51)52-27-25-49(26-28-52)23-19-30-67/h16-18,21-22,25-28,43,45-48,53-55,58-61H,15,20,24,29,31-42,44H2,1-14H3,(H,68,78)(H,69,79)/t47-,48+,53-,54-,55+,58-,59?,60-,61+/m0/s1. The summed E-state index contributed by atoms with van der Waals surface area (Å²) in [5.74, 6) is 1.23. The van der Waals surface area contributed by atoms with Crippen LogP contribution in [0.25, 0.3) is 5.69 Å². The number of rotatable bonds is 39. The maximum absolute atomic E-state index is 14.7. The fourth-order valence-corrected chi connectivity index (χ4v) is 10.8. The zero-order chi connectivity index (χ0) is 65.6. The predicted molar refractivity (Wildman–Crippen MR) is 334 cm³/mol. The van der Waals surface area contributed by atoms with Gasteiger partial charge in [0.25, 0.3) is 0 Å². The van der Waals surface area contributed by atoms with Crippen LogP contribution in [0.1, 0.15) is 118 Å². The van der Waals surface area contributed by atoms with Crippen molar-refractivity contribution in [1.29, 1.82) is 5.26 Å². The fraction of sp³-hybridized carbons (Fsp3) is 0.652. The molecule has 5 amide bonds. The molecule has 1 aromatic heterocycles. The van der Waals surface area contributed by atoms with Gasteiger partial charge in [-0.2, -0.15) is 5.26 Å². The summed E-state index contributed by atoms with van der Waals surface area (Å²) in [4.78, 5) is 89.3. The van der Waals surface area contributed by atoms with Crippen LogP contribution in [-0.2, 0) is 79.7 Å². The number of benzene rings is 2. The number of nitrogens with one attached hydrogen (secondary N) is 2. The SMILES string of the molecule is CC[C@H](C)[C@@H]([C@@H](CC(=O)N1CCC[C@H]1[C@H](OC)[C@@H](C)C(=O)N[C@@H](Cc1ccccc1)C(=O)OC(C)(C)C)OC)N(C)C(=O)[C@@H](NC(=O)C(C(C)C)N(C)C(=O)CCOCCOCCOCCOCCOCc1cn(-c2ccc(C#CC#N)cc2)nn1)C(C)C. The van der Waals surface area contributed by atoms with Crippen LogP contribution in [0.5, 0.6) is 0 Å². The molecule has 3 aromatic rings. The van der Waals surface area contributed by atoms with E-state index >= 15 is 0 Å². The summed E-state index contributed by atoms with van der Waals surface area (Å²) < 4.78 is 47.6. The van der Waals surface area contributed by atoms with E-state index in [9.17, 15) is 28.8 Å². The zero-order valence-corrected chi connectivity index (χ0v) is 55.0. The minimum absolute atomic E-state index is 0.0215. The first kappa shape index (κ1) is 74.6. The fourth-order valence-electron chi connectivity index (χ4n) is 10.8. The maximum Gasteiger partial charge on any atom is 0.329 e.